The van der Waals surface area contributed by atoms with Crippen LogP contribution in [0.3, 0.4) is 0 Å². The average molecular weight is 499 g/mol. The van der Waals surface area contributed by atoms with E-state index in [1.807, 2.05) is 0 Å². The molecule has 10 atom stereocenters. The summed E-state index contributed by atoms with van der Waals surface area (Å²) in [6, 6.07) is -1.67. The Morgan fingerprint density at radius 2 is 1.66 bits per heavy atom. The van der Waals surface area contributed by atoms with E-state index in [1.54, 1.807) is 0 Å². The van der Waals surface area contributed by atoms with E-state index in [2.05, 4.69) is 9.50 Å². The van der Waals surface area contributed by atoms with Gasteiger partial charge in [-0.3, -0.25) is 8.98 Å². The Morgan fingerprint density at radius 1 is 1.06 bits per heavy atom. The van der Waals surface area contributed by atoms with E-state index >= 15 is 0 Å². The van der Waals surface area contributed by atoms with Gasteiger partial charge in [-0.2, -0.15) is 0 Å². The summed E-state index contributed by atoms with van der Waals surface area (Å²) < 4.78 is 53.0. The molecule has 1 amide bonds. The normalized spacial score (nSPS) is 40.2. The van der Waals surface area contributed by atoms with Crippen molar-refractivity contribution in [1.29, 1.82) is 0 Å². The molecule has 7 N–H and O–H groups in total. The van der Waals surface area contributed by atoms with E-state index in [1.165, 1.54) is 0 Å². The molecule has 0 saturated carbocycles. The monoisotopic (exact) mass is 499 g/mol. The van der Waals surface area contributed by atoms with Gasteiger partial charge in [-0.05, 0) is 0 Å². The van der Waals surface area contributed by atoms with Crippen LogP contribution in [-0.2, 0) is 38.4 Å². The van der Waals surface area contributed by atoms with Crippen LogP contribution in [0.1, 0.15) is 6.92 Å². The van der Waals surface area contributed by atoms with E-state index in [-0.39, 0.29) is 29.6 Å². The molecule has 2 saturated heterocycles. The van der Waals surface area contributed by atoms with Crippen LogP contribution in [0.25, 0.3) is 0 Å². The minimum atomic E-state index is -5.47. The number of carbonyl (C=O) groups excluding carboxylic acids is 1. The molecule has 16 nitrogen and oxygen atoms in total. The Labute approximate surface area is 203 Å². The Balaban J connectivity index is 0.00000512. The summed E-state index contributed by atoms with van der Waals surface area (Å²) in [6.07, 6.45) is -18.0. The van der Waals surface area contributed by atoms with Gasteiger partial charge in [0.2, 0.25) is 16.3 Å². The van der Waals surface area contributed by atoms with Gasteiger partial charge in [-0.15, -0.1) is 0 Å². The molecule has 2 heterocycles. The zero-order valence-corrected chi connectivity index (χ0v) is 19.6. The Hall–Kier alpha value is -0.510. The third kappa shape index (κ3) is 7.00. The molecule has 2 rings (SSSR count). The maximum atomic E-state index is 11.5. The molecule has 18 heteroatoms. The fourth-order valence-corrected chi connectivity index (χ4v) is 3.69. The van der Waals surface area contributed by atoms with Crippen molar-refractivity contribution in [2.45, 2.75) is 68.3 Å². The first-order valence-electron chi connectivity index (χ1n) is 8.70. The molecule has 2 fully saturated rings. The molecule has 0 spiro atoms. The maximum absolute atomic E-state index is 11.5. The summed E-state index contributed by atoms with van der Waals surface area (Å²) in [7, 11) is -5.47. The second-order valence-corrected chi connectivity index (χ2v) is 7.79. The van der Waals surface area contributed by atoms with Crippen molar-refractivity contribution in [1.82, 2.24) is 5.32 Å². The van der Waals surface area contributed by atoms with Gasteiger partial charge in [0.25, 0.3) is 0 Å². The van der Waals surface area contributed by atoms with E-state index in [0.717, 1.165) is 6.92 Å². The van der Waals surface area contributed by atoms with Crippen molar-refractivity contribution in [3.63, 3.8) is 0 Å². The predicted octanol–water partition coefficient (Wildman–Crippen LogP) is -8.67. The molecule has 0 unspecified atom stereocenters. The van der Waals surface area contributed by atoms with Gasteiger partial charge in [0, 0.05) is 6.92 Å². The van der Waals surface area contributed by atoms with Crippen LogP contribution >= 0.6 is 0 Å². The zero-order valence-electron chi connectivity index (χ0n) is 16.7. The van der Waals surface area contributed by atoms with Crippen LogP contribution in [0, 0.1) is 0 Å². The average Bonchev–Trinajstić information content (AvgIpc) is 2.64. The Morgan fingerprint density at radius 3 is 2.12 bits per heavy atom. The van der Waals surface area contributed by atoms with Gasteiger partial charge < -0.3 is 54.7 Å². The number of ether oxygens (including phenoxy) is 3. The number of hydrogen-bond donors (Lipinski definition) is 7. The first-order valence-corrected chi connectivity index (χ1v) is 10.0. The number of carboxylic acids is 1. The molecule has 0 aromatic rings. The molecular weight excluding hydrogens is 477 g/mol. The number of aliphatic hydroxyl groups is 5. The first kappa shape index (κ1) is 29.5. The summed E-state index contributed by atoms with van der Waals surface area (Å²) in [6.45, 7) is -0.00823. The van der Waals surface area contributed by atoms with Crippen LogP contribution in [-0.4, -0.2) is 123 Å². The van der Waals surface area contributed by atoms with Gasteiger partial charge >= 0.3 is 35.5 Å². The van der Waals surface area contributed by atoms with Gasteiger partial charge in [0.15, 0.2) is 18.7 Å². The van der Waals surface area contributed by atoms with Crippen molar-refractivity contribution in [3.8, 4) is 0 Å². The summed E-state index contributed by atoms with van der Waals surface area (Å²) in [5, 5.41) is 60.5. The molecule has 180 valence electrons. The second kappa shape index (κ2) is 11.8. The number of carbonyl (C=O) groups is 2. The van der Waals surface area contributed by atoms with E-state index in [0.29, 0.717) is 0 Å². The van der Waals surface area contributed by atoms with Crippen LogP contribution in [0.4, 0.5) is 0 Å². The van der Waals surface area contributed by atoms with Gasteiger partial charge in [-0.25, -0.2) is 13.2 Å². The minimum absolute atomic E-state index is 0. The van der Waals surface area contributed by atoms with Gasteiger partial charge in [0.05, 0.1) is 6.61 Å². The quantitative estimate of drug-likeness (QED) is 0.0974. The van der Waals surface area contributed by atoms with Crippen molar-refractivity contribution >= 4 is 22.3 Å². The van der Waals surface area contributed by atoms with E-state index in [9.17, 15) is 48.1 Å². The molecule has 0 aliphatic carbocycles. The van der Waals surface area contributed by atoms with Crippen LogP contribution in [0.15, 0.2) is 0 Å². The number of hydrogen-bond acceptors (Lipinski definition) is 14. The molecule has 0 aromatic carbocycles. The number of amides is 1. The number of rotatable bonds is 7. The summed E-state index contributed by atoms with van der Waals surface area (Å²) in [5.74, 6) is -2.54. The zero-order chi connectivity index (χ0) is 23.7. The standard InChI is InChI=1S/C14H23NO15S.Na/c1-3(17)15-5-10(9(30-31(24,25)26)4(2-16)27-13(5)23)28-14-8(20)6(18)7(19)11(29-14)12(21)22;/h4-11,13-14,16,18-20,23H,2H2,1H3,(H,15,17)(H,21,22)(H,24,25,26);/q;+1/p-1/t4-,5-,6-,7-,8+,9+,10-,11-,13-,14+;/m1./s1. The summed E-state index contributed by atoms with van der Waals surface area (Å²) in [4.78, 5) is 22.7. The van der Waals surface area contributed by atoms with Crippen LogP contribution in [0.2, 0.25) is 0 Å². The molecular formula is C14H22NNaO15S. The molecule has 2 aliphatic heterocycles. The van der Waals surface area contributed by atoms with Crippen LogP contribution < -0.4 is 34.9 Å². The summed E-state index contributed by atoms with van der Waals surface area (Å²) >= 11 is 0. The first-order chi connectivity index (χ1) is 14.3. The van der Waals surface area contributed by atoms with Gasteiger partial charge in [0.1, 0.15) is 42.7 Å². The largest absolute Gasteiger partial charge is 1.00 e. The number of nitrogens with one attached hydrogen (secondary N) is 1. The number of aliphatic carboxylic acids is 1. The van der Waals surface area contributed by atoms with Gasteiger partial charge in [-0.1, -0.05) is 0 Å². The fourth-order valence-electron chi connectivity index (χ4n) is 3.19. The minimum Gasteiger partial charge on any atom is -0.726 e. The van der Waals surface area contributed by atoms with E-state index in [4.69, 9.17) is 19.3 Å². The van der Waals surface area contributed by atoms with Crippen LogP contribution in [0.5, 0.6) is 0 Å². The third-order valence-electron chi connectivity index (χ3n) is 4.55. The molecule has 32 heavy (non-hydrogen) atoms. The number of aliphatic hydroxyl groups excluding tert-OH is 5. The Kier molecular flexibility index (Phi) is 10.8. The smallest absolute Gasteiger partial charge is 0.726 e. The van der Waals surface area contributed by atoms with Crippen molar-refractivity contribution < 1.29 is 101 Å². The molecule has 0 aromatic heterocycles. The molecule has 2 aliphatic rings. The maximum Gasteiger partial charge on any atom is 1.00 e. The third-order valence-corrected chi connectivity index (χ3v) is 5.01. The second-order valence-electron chi connectivity index (χ2n) is 6.78. The van der Waals surface area contributed by atoms with Crippen molar-refractivity contribution in [2.75, 3.05) is 6.61 Å². The SMILES string of the molecule is CC(=O)N[C@@H]1[C@@H](O[C@H]2O[C@@H](C(=O)O)[C@H](O)[C@@H](O)[C@@H]2O)[C@@H](OS(=O)(=O)[O-])[C@@H](CO)O[C@H]1O.[Na+]. The number of carboxylic acid groups (broad SMARTS) is 1. The van der Waals surface area contributed by atoms with E-state index < -0.39 is 90.2 Å². The fraction of sp³-hybridized carbons (Fsp3) is 0.857. The Bertz CT molecular complexity index is 767. The topological polar surface area (TPSA) is 262 Å². The molecule has 0 radical (unpaired) electrons. The van der Waals surface area contributed by atoms with Crippen molar-refractivity contribution in [2.24, 2.45) is 0 Å². The summed E-state index contributed by atoms with van der Waals surface area (Å²) in [5.41, 5.74) is 0. The predicted molar refractivity (Wildman–Crippen MR) is 89.3 cm³/mol. The van der Waals surface area contributed by atoms with Crippen molar-refractivity contribution in [3.05, 3.63) is 0 Å². The molecule has 0 bridgehead atoms.